The molecule has 17 heavy (non-hydrogen) atoms. The molecule has 1 aromatic carbocycles. The van der Waals surface area contributed by atoms with E-state index in [2.05, 4.69) is 5.32 Å². The van der Waals surface area contributed by atoms with Gasteiger partial charge in [-0.2, -0.15) is 11.8 Å². The van der Waals surface area contributed by atoms with Gasteiger partial charge in [0.25, 0.3) is 5.91 Å². The number of nitrogens with one attached hydrogen (secondary N) is 1. The first-order valence-corrected chi connectivity index (χ1v) is 6.97. The van der Waals surface area contributed by atoms with Crippen LogP contribution < -0.4 is 5.32 Å². The Labute approximate surface area is 110 Å². The molecule has 1 aliphatic heterocycles. The Kier molecular flexibility index (Phi) is 3.97. The van der Waals surface area contributed by atoms with Crippen LogP contribution in [-0.2, 0) is 0 Å². The molecule has 0 aliphatic carbocycles. The second-order valence-corrected chi connectivity index (χ2v) is 5.70. The van der Waals surface area contributed by atoms with Crippen LogP contribution in [0.4, 0.5) is 0 Å². The molecule has 0 aromatic heterocycles. The Morgan fingerprint density at radius 1 is 1.53 bits per heavy atom. The highest BCUT2D eigenvalue weighted by Gasteiger charge is 2.32. The van der Waals surface area contributed by atoms with E-state index in [4.69, 9.17) is 11.6 Å². The van der Waals surface area contributed by atoms with Crippen molar-refractivity contribution in [2.24, 2.45) is 0 Å². The minimum Gasteiger partial charge on any atom is -0.387 e. The maximum atomic E-state index is 11.9. The molecule has 3 nitrogen and oxygen atoms in total. The van der Waals surface area contributed by atoms with E-state index in [0.29, 0.717) is 16.3 Å². The predicted molar refractivity (Wildman–Crippen MR) is 70.7 cm³/mol. The number of hydrogen-bond acceptors (Lipinski definition) is 3. The maximum absolute atomic E-state index is 11.9. The molecule has 1 saturated heterocycles. The number of thioether (sulfide) groups is 1. The van der Waals surface area contributed by atoms with Crippen LogP contribution >= 0.6 is 23.4 Å². The first kappa shape index (κ1) is 12.7. The van der Waals surface area contributed by atoms with Crippen LogP contribution in [-0.4, -0.2) is 34.7 Å². The Balaban J connectivity index is 1.96. The van der Waals surface area contributed by atoms with Crippen LogP contribution in [0.2, 0.25) is 5.02 Å². The molecule has 1 aliphatic rings. The molecule has 1 fully saturated rings. The van der Waals surface area contributed by atoms with Crippen molar-refractivity contribution >= 4 is 29.3 Å². The summed E-state index contributed by atoms with van der Waals surface area (Å²) in [5.74, 6) is 1.38. The van der Waals surface area contributed by atoms with Crippen molar-refractivity contribution in [3.63, 3.8) is 0 Å². The van der Waals surface area contributed by atoms with E-state index in [1.165, 1.54) is 0 Å². The summed E-state index contributed by atoms with van der Waals surface area (Å²) in [4.78, 5) is 11.9. The van der Waals surface area contributed by atoms with Crippen LogP contribution in [0.25, 0.3) is 0 Å². The molecular weight excluding hydrogens is 258 g/mol. The smallest absolute Gasteiger partial charge is 0.252 e. The van der Waals surface area contributed by atoms with Gasteiger partial charge in [0.1, 0.15) is 0 Å². The molecule has 1 aromatic rings. The molecule has 1 unspecified atom stereocenters. The van der Waals surface area contributed by atoms with Gasteiger partial charge in [-0.05, 0) is 24.3 Å². The number of amides is 1. The minimum atomic E-state index is -0.762. The highest BCUT2D eigenvalue weighted by Crippen LogP contribution is 2.27. The summed E-state index contributed by atoms with van der Waals surface area (Å²) >= 11 is 7.63. The Hall–Kier alpha value is -0.710. The number of halogens is 1. The first-order valence-electron chi connectivity index (χ1n) is 5.44. The van der Waals surface area contributed by atoms with E-state index in [-0.39, 0.29) is 12.5 Å². The summed E-state index contributed by atoms with van der Waals surface area (Å²) in [5, 5.41) is 13.3. The van der Waals surface area contributed by atoms with Crippen LogP contribution in [0.1, 0.15) is 16.8 Å². The summed E-state index contributed by atoms with van der Waals surface area (Å²) in [5.41, 5.74) is -0.315. The summed E-state index contributed by atoms with van der Waals surface area (Å²) < 4.78 is 0. The van der Waals surface area contributed by atoms with Crippen molar-refractivity contribution < 1.29 is 9.90 Å². The van der Waals surface area contributed by atoms with Crippen LogP contribution in [0.5, 0.6) is 0 Å². The van der Waals surface area contributed by atoms with Gasteiger partial charge in [0, 0.05) is 12.3 Å². The zero-order valence-corrected chi connectivity index (χ0v) is 10.9. The monoisotopic (exact) mass is 271 g/mol. The number of carbonyl (C=O) groups is 1. The standard InChI is InChI=1S/C12H14ClNO2S/c13-10-4-2-1-3-9(10)11(15)14-7-12(16)5-6-17-8-12/h1-4,16H,5-8H2,(H,14,15). The average molecular weight is 272 g/mol. The maximum Gasteiger partial charge on any atom is 0.252 e. The summed E-state index contributed by atoms with van der Waals surface area (Å²) in [7, 11) is 0. The third-order valence-corrected chi connectivity index (χ3v) is 4.34. The molecule has 0 radical (unpaired) electrons. The lowest BCUT2D eigenvalue weighted by atomic mass is 10.0. The van der Waals surface area contributed by atoms with Gasteiger partial charge in [0.2, 0.25) is 0 Å². The van der Waals surface area contributed by atoms with Gasteiger partial charge in [-0.1, -0.05) is 23.7 Å². The number of rotatable bonds is 3. The predicted octanol–water partition coefficient (Wildman–Crippen LogP) is 1.94. The van der Waals surface area contributed by atoms with Crippen molar-refractivity contribution in [2.45, 2.75) is 12.0 Å². The topological polar surface area (TPSA) is 49.3 Å². The number of carbonyl (C=O) groups excluding carboxylic acids is 1. The van der Waals surface area contributed by atoms with Crippen LogP contribution in [0.3, 0.4) is 0 Å². The fourth-order valence-electron chi connectivity index (χ4n) is 1.72. The average Bonchev–Trinajstić information content (AvgIpc) is 2.74. The van der Waals surface area contributed by atoms with Gasteiger partial charge in [-0.15, -0.1) is 0 Å². The minimum absolute atomic E-state index is 0.235. The molecule has 1 amide bonds. The van der Waals surface area contributed by atoms with E-state index in [0.717, 1.165) is 12.2 Å². The van der Waals surface area contributed by atoms with Gasteiger partial charge >= 0.3 is 0 Å². The van der Waals surface area contributed by atoms with E-state index >= 15 is 0 Å². The molecule has 0 bridgehead atoms. The molecular formula is C12H14ClNO2S. The first-order chi connectivity index (χ1) is 8.11. The largest absolute Gasteiger partial charge is 0.387 e. The molecule has 0 spiro atoms. The molecule has 0 saturated carbocycles. The van der Waals surface area contributed by atoms with E-state index in [1.54, 1.807) is 36.0 Å². The highest BCUT2D eigenvalue weighted by atomic mass is 35.5. The Bertz CT molecular complexity index is 419. The Morgan fingerprint density at radius 3 is 2.94 bits per heavy atom. The number of benzene rings is 1. The SMILES string of the molecule is O=C(NCC1(O)CCSC1)c1ccccc1Cl. The van der Waals surface area contributed by atoms with E-state index < -0.39 is 5.60 Å². The number of hydrogen-bond donors (Lipinski definition) is 2. The lowest BCUT2D eigenvalue weighted by Gasteiger charge is -2.21. The van der Waals surface area contributed by atoms with Crippen molar-refractivity contribution in [1.82, 2.24) is 5.32 Å². The van der Waals surface area contributed by atoms with Gasteiger partial charge in [-0.3, -0.25) is 4.79 Å². The van der Waals surface area contributed by atoms with Gasteiger partial charge in [0.05, 0.1) is 16.2 Å². The zero-order valence-electron chi connectivity index (χ0n) is 9.28. The van der Waals surface area contributed by atoms with Crippen LogP contribution in [0, 0.1) is 0 Å². The normalized spacial score (nSPS) is 23.6. The fourth-order valence-corrected chi connectivity index (χ4v) is 3.24. The summed E-state index contributed by atoms with van der Waals surface area (Å²) in [6, 6.07) is 6.89. The van der Waals surface area contributed by atoms with Gasteiger partial charge < -0.3 is 10.4 Å². The van der Waals surface area contributed by atoms with Crippen molar-refractivity contribution in [3.05, 3.63) is 34.9 Å². The molecule has 2 N–H and O–H groups in total. The van der Waals surface area contributed by atoms with Crippen molar-refractivity contribution in [3.8, 4) is 0 Å². The third-order valence-electron chi connectivity index (χ3n) is 2.78. The fraction of sp³-hybridized carbons (Fsp3) is 0.417. The summed E-state index contributed by atoms with van der Waals surface area (Å²) in [6.07, 6.45) is 0.723. The molecule has 2 rings (SSSR count). The zero-order chi connectivity index (χ0) is 12.3. The van der Waals surface area contributed by atoms with Crippen LogP contribution in [0.15, 0.2) is 24.3 Å². The van der Waals surface area contributed by atoms with E-state index in [9.17, 15) is 9.90 Å². The van der Waals surface area contributed by atoms with Gasteiger partial charge in [0.15, 0.2) is 0 Å². The summed E-state index contributed by atoms with van der Waals surface area (Å²) in [6.45, 7) is 0.282. The third kappa shape index (κ3) is 3.15. The molecule has 5 heteroatoms. The highest BCUT2D eigenvalue weighted by molar-refractivity contribution is 7.99. The van der Waals surface area contributed by atoms with Gasteiger partial charge in [-0.25, -0.2) is 0 Å². The second-order valence-electron chi connectivity index (χ2n) is 4.19. The Morgan fingerprint density at radius 2 is 2.29 bits per heavy atom. The van der Waals surface area contributed by atoms with E-state index in [1.807, 2.05) is 0 Å². The second kappa shape index (κ2) is 5.29. The number of aliphatic hydroxyl groups is 1. The molecule has 1 atom stereocenters. The lowest BCUT2D eigenvalue weighted by Crippen LogP contribution is -2.43. The van der Waals surface area contributed by atoms with Crippen molar-refractivity contribution in [2.75, 3.05) is 18.1 Å². The van der Waals surface area contributed by atoms with Crippen molar-refractivity contribution in [1.29, 1.82) is 0 Å². The molecule has 1 heterocycles. The quantitative estimate of drug-likeness (QED) is 0.883. The lowest BCUT2D eigenvalue weighted by molar-refractivity contribution is 0.0612. The molecule has 92 valence electrons.